The zero-order valence-electron chi connectivity index (χ0n) is 14.0. The molecule has 0 atom stereocenters. The van der Waals surface area contributed by atoms with Gasteiger partial charge in [-0.05, 0) is 30.9 Å². The maximum Gasteiger partial charge on any atom is 0.181 e. The van der Waals surface area contributed by atoms with Gasteiger partial charge in [0, 0.05) is 25.4 Å². The molecule has 0 amide bonds. The Morgan fingerprint density at radius 1 is 1.28 bits per heavy atom. The Morgan fingerprint density at radius 2 is 2.08 bits per heavy atom. The minimum atomic E-state index is 0.481. The lowest BCUT2D eigenvalue weighted by Crippen LogP contribution is -2.04. The van der Waals surface area contributed by atoms with Crippen LogP contribution in [-0.2, 0) is 13.6 Å². The molecule has 25 heavy (non-hydrogen) atoms. The molecule has 1 aliphatic rings. The van der Waals surface area contributed by atoms with Crippen LogP contribution in [0.15, 0.2) is 42.6 Å². The highest BCUT2D eigenvalue weighted by atomic mass is 15.3. The molecule has 3 aromatic rings. The quantitative estimate of drug-likeness (QED) is 0.674. The van der Waals surface area contributed by atoms with Gasteiger partial charge in [-0.15, -0.1) is 0 Å². The number of allylic oxidation sites excluding steroid dienone is 1. The second-order valence-corrected chi connectivity index (χ2v) is 6.30. The fourth-order valence-corrected chi connectivity index (χ4v) is 2.79. The van der Waals surface area contributed by atoms with Gasteiger partial charge in [-0.1, -0.05) is 30.3 Å². The Hall–Kier alpha value is -3.20. The summed E-state index contributed by atoms with van der Waals surface area (Å²) >= 11 is 0. The third kappa shape index (κ3) is 3.22. The Morgan fingerprint density at radius 3 is 2.80 bits per heavy atom. The third-order valence-corrected chi connectivity index (χ3v) is 4.33. The van der Waals surface area contributed by atoms with E-state index in [9.17, 15) is 5.26 Å². The fourth-order valence-electron chi connectivity index (χ4n) is 2.79. The van der Waals surface area contributed by atoms with Gasteiger partial charge >= 0.3 is 0 Å². The van der Waals surface area contributed by atoms with E-state index < -0.39 is 0 Å². The molecular formula is C19H18N6. The molecule has 6 nitrogen and oxygen atoms in total. The average Bonchev–Trinajstić information content (AvgIpc) is 3.21. The summed E-state index contributed by atoms with van der Waals surface area (Å²) in [4.78, 5) is 4.57. The van der Waals surface area contributed by atoms with Gasteiger partial charge in [0.15, 0.2) is 11.6 Å². The van der Waals surface area contributed by atoms with Crippen molar-refractivity contribution in [2.24, 2.45) is 13.0 Å². The summed E-state index contributed by atoms with van der Waals surface area (Å²) in [5, 5.41) is 18.5. The van der Waals surface area contributed by atoms with Crippen LogP contribution in [0.4, 0.5) is 0 Å². The summed E-state index contributed by atoms with van der Waals surface area (Å²) in [7, 11) is 1.81. The number of hydrogen-bond donors (Lipinski definition) is 0. The van der Waals surface area contributed by atoms with Crippen LogP contribution in [0.1, 0.15) is 24.4 Å². The van der Waals surface area contributed by atoms with Gasteiger partial charge in [0.2, 0.25) is 0 Å². The van der Waals surface area contributed by atoms with Crippen molar-refractivity contribution in [3.63, 3.8) is 0 Å². The molecule has 124 valence electrons. The van der Waals surface area contributed by atoms with Gasteiger partial charge in [-0.2, -0.15) is 15.5 Å². The first-order valence-corrected chi connectivity index (χ1v) is 8.35. The van der Waals surface area contributed by atoms with Crippen LogP contribution in [0.5, 0.6) is 0 Å². The molecular weight excluding hydrogens is 312 g/mol. The highest BCUT2D eigenvalue weighted by molar-refractivity contribution is 5.86. The van der Waals surface area contributed by atoms with Gasteiger partial charge in [-0.25, -0.2) is 9.67 Å². The van der Waals surface area contributed by atoms with Gasteiger partial charge in [0.1, 0.15) is 6.07 Å². The molecule has 2 aromatic heterocycles. The molecule has 0 aliphatic heterocycles. The summed E-state index contributed by atoms with van der Waals surface area (Å²) in [6, 6.07) is 13.9. The number of nitrogens with zero attached hydrogens (tertiary/aromatic N) is 6. The Balaban J connectivity index is 1.69. The second kappa shape index (κ2) is 6.36. The predicted molar refractivity (Wildman–Crippen MR) is 94.9 cm³/mol. The summed E-state index contributed by atoms with van der Waals surface area (Å²) in [5.41, 5.74) is 2.34. The van der Waals surface area contributed by atoms with Crippen molar-refractivity contribution >= 4 is 11.6 Å². The lowest BCUT2D eigenvalue weighted by Gasteiger charge is -2.03. The van der Waals surface area contributed by atoms with Crippen LogP contribution in [0, 0.1) is 17.2 Å². The van der Waals surface area contributed by atoms with E-state index >= 15 is 0 Å². The minimum Gasteiger partial charge on any atom is -0.265 e. The monoisotopic (exact) mass is 330 g/mol. The van der Waals surface area contributed by atoms with Crippen molar-refractivity contribution in [2.75, 3.05) is 0 Å². The van der Waals surface area contributed by atoms with Crippen molar-refractivity contribution in [1.29, 1.82) is 5.26 Å². The number of rotatable bonds is 5. The topological polar surface area (TPSA) is 72.3 Å². The van der Waals surface area contributed by atoms with Gasteiger partial charge in [0.05, 0.1) is 11.3 Å². The Labute approximate surface area is 146 Å². The maximum absolute atomic E-state index is 9.64. The van der Waals surface area contributed by atoms with Crippen molar-refractivity contribution in [2.45, 2.75) is 19.4 Å². The molecule has 0 unspecified atom stereocenters. The van der Waals surface area contributed by atoms with Crippen LogP contribution in [-0.4, -0.2) is 24.5 Å². The van der Waals surface area contributed by atoms with Crippen molar-refractivity contribution in [3.05, 3.63) is 54.1 Å². The van der Waals surface area contributed by atoms with E-state index in [2.05, 4.69) is 21.3 Å². The summed E-state index contributed by atoms with van der Waals surface area (Å²) < 4.78 is 3.61. The van der Waals surface area contributed by atoms with Crippen LogP contribution in [0.3, 0.4) is 0 Å². The van der Waals surface area contributed by atoms with Gasteiger partial charge in [-0.3, -0.25) is 4.68 Å². The summed E-state index contributed by atoms with van der Waals surface area (Å²) in [6.07, 6.45) is 6.14. The smallest absolute Gasteiger partial charge is 0.181 e. The maximum atomic E-state index is 9.64. The van der Waals surface area contributed by atoms with Crippen LogP contribution in [0.2, 0.25) is 0 Å². The Bertz CT molecular complexity index is 953. The molecule has 0 radical (unpaired) electrons. The van der Waals surface area contributed by atoms with Gasteiger partial charge in [0.25, 0.3) is 0 Å². The number of benzene rings is 1. The first-order chi connectivity index (χ1) is 12.2. The molecule has 2 heterocycles. The van der Waals surface area contributed by atoms with Gasteiger partial charge < -0.3 is 0 Å². The van der Waals surface area contributed by atoms with Crippen LogP contribution < -0.4 is 0 Å². The predicted octanol–water partition coefficient (Wildman–Crippen LogP) is 3.15. The van der Waals surface area contributed by atoms with E-state index in [0.717, 1.165) is 23.7 Å². The number of nitriles is 1. The van der Waals surface area contributed by atoms with Crippen molar-refractivity contribution < 1.29 is 0 Å². The van der Waals surface area contributed by atoms with E-state index in [1.54, 1.807) is 17.9 Å². The highest BCUT2D eigenvalue weighted by Crippen LogP contribution is 2.31. The first kappa shape index (κ1) is 15.3. The molecule has 1 fully saturated rings. The molecule has 6 heteroatoms. The SMILES string of the molecule is Cn1nc(-c2ccccc2)nc1/C(C#N)=C/c1ccnn1CC1CC1. The van der Waals surface area contributed by atoms with Crippen LogP contribution >= 0.6 is 0 Å². The zero-order chi connectivity index (χ0) is 17.2. The van der Waals surface area contributed by atoms with E-state index in [1.165, 1.54) is 12.8 Å². The third-order valence-electron chi connectivity index (χ3n) is 4.33. The minimum absolute atomic E-state index is 0.481. The van der Waals surface area contributed by atoms with E-state index in [0.29, 0.717) is 17.2 Å². The number of aryl methyl sites for hydroxylation is 1. The van der Waals surface area contributed by atoms with Crippen LogP contribution in [0.25, 0.3) is 23.0 Å². The zero-order valence-corrected chi connectivity index (χ0v) is 14.0. The molecule has 1 aromatic carbocycles. The summed E-state index contributed by atoms with van der Waals surface area (Å²) in [6.45, 7) is 0.908. The average molecular weight is 330 g/mol. The standard InChI is InChI=1S/C19H18N6/c1-24-19(22-18(23-24)15-5-3-2-4-6-15)16(12-20)11-17-9-10-21-25(17)13-14-7-8-14/h2-6,9-11,14H,7-8,13H2,1H3/b16-11+. The molecule has 0 spiro atoms. The Kier molecular flexibility index (Phi) is 3.90. The summed E-state index contributed by atoms with van der Waals surface area (Å²) in [5.74, 6) is 1.89. The highest BCUT2D eigenvalue weighted by Gasteiger charge is 2.23. The lowest BCUT2D eigenvalue weighted by molar-refractivity contribution is 0.559. The molecule has 0 bridgehead atoms. The molecule has 1 aliphatic carbocycles. The van der Waals surface area contributed by atoms with E-state index in [4.69, 9.17) is 0 Å². The van der Waals surface area contributed by atoms with Crippen molar-refractivity contribution in [1.82, 2.24) is 24.5 Å². The molecule has 0 N–H and O–H groups in total. The van der Waals surface area contributed by atoms with E-state index in [1.807, 2.05) is 47.2 Å². The molecule has 4 rings (SSSR count). The van der Waals surface area contributed by atoms with Crippen molar-refractivity contribution in [3.8, 4) is 17.5 Å². The molecule has 0 saturated heterocycles. The number of aromatic nitrogens is 5. The molecule has 1 saturated carbocycles. The normalized spacial score (nSPS) is 14.5. The largest absolute Gasteiger partial charge is 0.265 e. The lowest BCUT2D eigenvalue weighted by atomic mass is 10.2. The van der Waals surface area contributed by atoms with E-state index in [-0.39, 0.29) is 0 Å². The second-order valence-electron chi connectivity index (χ2n) is 6.30. The number of hydrogen-bond acceptors (Lipinski definition) is 4. The fraction of sp³-hybridized carbons (Fsp3) is 0.263. The first-order valence-electron chi connectivity index (χ1n) is 8.35.